The molecule has 1 aliphatic carbocycles. The van der Waals surface area contributed by atoms with Crippen LogP contribution in [0.1, 0.15) is 62.0 Å². The topological polar surface area (TPSA) is 34.0 Å². The summed E-state index contributed by atoms with van der Waals surface area (Å²) in [5, 5.41) is 0. The number of aromatic nitrogens is 3. The van der Waals surface area contributed by atoms with Crippen LogP contribution in [0.25, 0.3) is 0 Å². The first-order valence-corrected chi connectivity index (χ1v) is 9.26. The molecule has 0 bridgehead atoms. The zero-order valence-electron chi connectivity index (χ0n) is 15.3. The van der Waals surface area contributed by atoms with E-state index in [9.17, 15) is 0 Å². The predicted octanol–water partition coefficient (Wildman–Crippen LogP) is 4.15. The van der Waals surface area contributed by atoms with Gasteiger partial charge in [-0.1, -0.05) is 19.3 Å². The van der Waals surface area contributed by atoms with E-state index in [0.717, 1.165) is 13.0 Å². The molecule has 1 fully saturated rings. The number of likely N-dealkylation sites (N-methyl/N-ethyl adjacent to an activating group) is 1. The van der Waals surface area contributed by atoms with Crippen LogP contribution in [-0.2, 0) is 13.0 Å². The SMILES string of the molecule is Cc1ccnc(C[C@@H](C)N(C)Cc2cncn2C2CCCCC2)c1. The van der Waals surface area contributed by atoms with Gasteiger partial charge in [0.1, 0.15) is 0 Å². The zero-order chi connectivity index (χ0) is 16.9. The van der Waals surface area contributed by atoms with Crippen molar-refractivity contribution in [3.63, 3.8) is 0 Å². The Balaban J connectivity index is 1.62. The molecule has 2 aromatic heterocycles. The summed E-state index contributed by atoms with van der Waals surface area (Å²) >= 11 is 0. The first kappa shape index (κ1) is 17.2. The van der Waals surface area contributed by atoms with Gasteiger partial charge in [-0.05, 0) is 51.4 Å². The third-order valence-corrected chi connectivity index (χ3v) is 5.35. The van der Waals surface area contributed by atoms with E-state index in [-0.39, 0.29) is 0 Å². The van der Waals surface area contributed by atoms with Crippen molar-refractivity contribution >= 4 is 0 Å². The largest absolute Gasteiger partial charge is 0.330 e. The van der Waals surface area contributed by atoms with Crippen molar-refractivity contribution in [2.24, 2.45) is 0 Å². The summed E-state index contributed by atoms with van der Waals surface area (Å²) < 4.78 is 2.42. The minimum Gasteiger partial charge on any atom is -0.330 e. The van der Waals surface area contributed by atoms with Crippen LogP contribution in [0.2, 0.25) is 0 Å². The molecule has 4 nitrogen and oxygen atoms in total. The molecule has 0 radical (unpaired) electrons. The lowest BCUT2D eigenvalue weighted by atomic mass is 9.95. The van der Waals surface area contributed by atoms with E-state index in [0.29, 0.717) is 12.1 Å². The van der Waals surface area contributed by atoms with Gasteiger partial charge in [0, 0.05) is 43.1 Å². The Labute approximate surface area is 145 Å². The monoisotopic (exact) mass is 326 g/mol. The lowest BCUT2D eigenvalue weighted by Crippen LogP contribution is -2.32. The van der Waals surface area contributed by atoms with Crippen LogP contribution >= 0.6 is 0 Å². The molecule has 0 aliphatic heterocycles. The van der Waals surface area contributed by atoms with Crippen molar-refractivity contribution in [3.8, 4) is 0 Å². The highest BCUT2D eigenvalue weighted by molar-refractivity contribution is 5.15. The Kier molecular flexibility index (Phi) is 5.67. The molecule has 24 heavy (non-hydrogen) atoms. The number of hydrogen-bond donors (Lipinski definition) is 0. The van der Waals surface area contributed by atoms with Crippen LogP contribution in [0, 0.1) is 6.92 Å². The van der Waals surface area contributed by atoms with Gasteiger partial charge in [0.15, 0.2) is 0 Å². The minimum absolute atomic E-state index is 0.453. The fourth-order valence-electron chi connectivity index (χ4n) is 3.72. The summed E-state index contributed by atoms with van der Waals surface area (Å²) in [6.07, 6.45) is 13.7. The summed E-state index contributed by atoms with van der Waals surface area (Å²) in [6.45, 7) is 5.36. The summed E-state index contributed by atoms with van der Waals surface area (Å²) in [6, 6.07) is 5.35. The number of nitrogens with zero attached hydrogens (tertiary/aromatic N) is 4. The van der Waals surface area contributed by atoms with E-state index in [4.69, 9.17) is 0 Å². The average Bonchev–Trinajstić information content (AvgIpc) is 3.03. The van der Waals surface area contributed by atoms with Gasteiger partial charge in [-0.25, -0.2) is 4.98 Å². The number of imidazole rings is 1. The van der Waals surface area contributed by atoms with Crippen LogP contribution in [0.3, 0.4) is 0 Å². The zero-order valence-corrected chi connectivity index (χ0v) is 15.3. The normalized spacial score (nSPS) is 17.3. The summed E-state index contributed by atoms with van der Waals surface area (Å²) in [5.74, 6) is 0. The van der Waals surface area contributed by atoms with Crippen molar-refractivity contribution in [3.05, 3.63) is 47.8 Å². The number of hydrogen-bond acceptors (Lipinski definition) is 3. The Morgan fingerprint density at radius 1 is 1.29 bits per heavy atom. The molecule has 1 aliphatic rings. The third kappa shape index (κ3) is 4.23. The van der Waals surface area contributed by atoms with Gasteiger partial charge in [-0.3, -0.25) is 9.88 Å². The molecule has 0 N–H and O–H groups in total. The van der Waals surface area contributed by atoms with Gasteiger partial charge in [-0.2, -0.15) is 0 Å². The molecule has 1 saturated carbocycles. The van der Waals surface area contributed by atoms with Crippen molar-refractivity contribution in [2.75, 3.05) is 7.05 Å². The molecular formula is C20H30N4. The highest BCUT2D eigenvalue weighted by Crippen LogP contribution is 2.29. The van der Waals surface area contributed by atoms with E-state index >= 15 is 0 Å². The second-order valence-corrected chi connectivity index (χ2v) is 7.38. The summed E-state index contributed by atoms with van der Waals surface area (Å²) in [5.41, 5.74) is 3.80. The van der Waals surface area contributed by atoms with E-state index in [2.05, 4.69) is 52.5 Å². The molecule has 0 amide bonds. The van der Waals surface area contributed by atoms with Crippen LogP contribution < -0.4 is 0 Å². The van der Waals surface area contributed by atoms with Gasteiger partial charge < -0.3 is 4.57 Å². The third-order valence-electron chi connectivity index (χ3n) is 5.35. The minimum atomic E-state index is 0.453. The number of rotatable bonds is 6. The van der Waals surface area contributed by atoms with Crippen LogP contribution in [0.4, 0.5) is 0 Å². The summed E-state index contributed by atoms with van der Waals surface area (Å²) in [4.78, 5) is 11.4. The highest BCUT2D eigenvalue weighted by Gasteiger charge is 2.19. The predicted molar refractivity (Wildman–Crippen MR) is 98.0 cm³/mol. The maximum Gasteiger partial charge on any atom is 0.0951 e. The fraction of sp³-hybridized carbons (Fsp3) is 0.600. The molecule has 3 rings (SSSR count). The Morgan fingerprint density at radius 2 is 2.08 bits per heavy atom. The van der Waals surface area contributed by atoms with Crippen LogP contribution in [-0.4, -0.2) is 32.5 Å². The molecule has 0 aromatic carbocycles. The standard InChI is InChI=1S/C20H30N4/c1-16-9-10-22-18(11-16)12-17(2)23(3)14-20-13-21-15-24(20)19-7-5-4-6-8-19/h9-11,13,15,17,19H,4-8,12,14H2,1-3H3/t17-/m1/s1. The molecule has 0 spiro atoms. The fourth-order valence-corrected chi connectivity index (χ4v) is 3.72. The van der Waals surface area contributed by atoms with Crippen molar-refractivity contribution in [2.45, 2.75) is 71.0 Å². The van der Waals surface area contributed by atoms with Crippen molar-refractivity contribution in [1.29, 1.82) is 0 Å². The lowest BCUT2D eigenvalue weighted by Gasteiger charge is -2.28. The van der Waals surface area contributed by atoms with E-state index < -0.39 is 0 Å². The molecule has 0 unspecified atom stereocenters. The van der Waals surface area contributed by atoms with Crippen LogP contribution in [0.15, 0.2) is 30.9 Å². The molecule has 2 heterocycles. The second kappa shape index (κ2) is 7.93. The first-order chi connectivity index (χ1) is 11.6. The first-order valence-electron chi connectivity index (χ1n) is 9.26. The van der Waals surface area contributed by atoms with E-state index in [1.165, 1.54) is 49.1 Å². The van der Waals surface area contributed by atoms with Crippen molar-refractivity contribution < 1.29 is 0 Å². The molecule has 130 valence electrons. The van der Waals surface area contributed by atoms with E-state index in [1.807, 2.05) is 18.7 Å². The van der Waals surface area contributed by atoms with Crippen molar-refractivity contribution in [1.82, 2.24) is 19.4 Å². The quantitative estimate of drug-likeness (QED) is 0.799. The second-order valence-electron chi connectivity index (χ2n) is 7.38. The molecular weight excluding hydrogens is 296 g/mol. The maximum absolute atomic E-state index is 4.51. The van der Waals surface area contributed by atoms with Gasteiger partial charge in [0.25, 0.3) is 0 Å². The Morgan fingerprint density at radius 3 is 2.83 bits per heavy atom. The van der Waals surface area contributed by atoms with Gasteiger partial charge in [0.05, 0.1) is 12.0 Å². The number of aryl methyl sites for hydroxylation is 1. The number of pyridine rings is 1. The molecule has 0 saturated heterocycles. The van der Waals surface area contributed by atoms with Gasteiger partial charge in [0.2, 0.25) is 0 Å². The Hall–Kier alpha value is -1.68. The molecule has 2 aromatic rings. The molecule has 4 heteroatoms. The van der Waals surface area contributed by atoms with Gasteiger partial charge >= 0.3 is 0 Å². The summed E-state index contributed by atoms with van der Waals surface area (Å²) in [7, 11) is 2.21. The molecule has 1 atom stereocenters. The maximum atomic E-state index is 4.51. The van der Waals surface area contributed by atoms with E-state index in [1.54, 1.807) is 0 Å². The average molecular weight is 326 g/mol. The van der Waals surface area contributed by atoms with Crippen LogP contribution in [0.5, 0.6) is 0 Å². The smallest absolute Gasteiger partial charge is 0.0951 e. The Bertz CT molecular complexity index is 643. The lowest BCUT2D eigenvalue weighted by molar-refractivity contribution is 0.234. The highest BCUT2D eigenvalue weighted by atomic mass is 15.2. The van der Waals surface area contributed by atoms with Gasteiger partial charge in [-0.15, -0.1) is 0 Å².